The number of benzene rings is 1. The lowest BCUT2D eigenvalue weighted by molar-refractivity contribution is -0.133. The molecule has 1 saturated carbocycles. The van der Waals surface area contributed by atoms with Crippen molar-refractivity contribution in [3.05, 3.63) is 36.2 Å². The Balaban J connectivity index is 1.46. The molecule has 2 heterocycles. The Morgan fingerprint density at radius 1 is 1.24 bits per heavy atom. The van der Waals surface area contributed by atoms with Gasteiger partial charge in [-0.1, -0.05) is 19.1 Å². The first-order valence-corrected chi connectivity index (χ1v) is 9.08. The van der Waals surface area contributed by atoms with E-state index in [0.29, 0.717) is 24.4 Å². The van der Waals surface area contributed by atoms with Crippen LogP contribution < -0.4 is 10.9 Å². The van der Waals surface area contributed by atoms with Crippen molar-refractivity contribution in [3.8, 4) is 0 Å². The highest BCUT2D eigenvalue weighted by molar-refractivity contribution is 5.82. The molecule has 1 aliphatic heterocycles. The Labute approximate surface area is 148 Å². The van der Waals surface area contributed by atoms with Gasteiger partial charge in [0.2, 0.25) is 5.91 Å². The molecule has 0 spiro atoms. The van der Waals surface area contributed by atoms with Crippen LogP contribution in [0.3, 0.4) is 0 Å². The van der Waals surface area contributed by atoms with E-state index >= 15 is 0 Å². The van der Waals surface area contributed by atoms with Crippen molar-refractivity contribution < 1.29 is 4.79 Å². The van der Waals surface area contributed by atoms with Crippen molar-refractivity contribution in [3.63, 3.8) is 0 Å². The van der Waals surface area contributed by atoms with E-state index in [2.05, 4.69) is 27.7 Å². The van der Waals surface area contributed by atoms with E-state index in [9.17, 15) is 4.79 Å². The summed E-state index contributed by atoms with van der Waals surface area (Å²) in [6.45, 7) is 2.76. The van der Waals surface area contributed by atoms with Gasteiger partial charge in [0.1, 0.15) is 6.04 Å². The molecule has 0 radical (unpaired) electrons. The normalized spacial score (nSPS) is 28.7. The fourth-order valence-corrected chi connectivity index (χ4v) is 4.15. The van der Waals surface area contributed by atoms with Crippen LogP contribution in [-0.4, -0.2) is 39.9 Å². The summed E-state index contributed by atoms with van der Waals surface area (Å²) in [5.74, 6) is 1.19. The molecule has 1 aromatic heterocycles. The number of rotatable bonds is 3. The quantitative estimate of drug-likeness (QED) is 0.893. The number of nitrogens with one attached hydrogen (secondary N) is 2. The molecule has 6 nitrogen and oxygen atoms in total. The van der Waals surface area contributed by atoms with Gasteiger partial charge in [-0.2, -0.15) is 0 Å². The van der Waals surface area contributed by atoms with E-state index < -0.39 is 0 Å². The number of nitrogens with zero attached hydrogens (tertiary/aromatic N) is 3. The Morgan fingerprint density at radius 3 is 2.88 bits per heavy atom. The number of carbonyl (C=O) groups is 1. The summed E-state index contributed by atoms with van der Waals surface area (Å²) in [6, 6.07) is 8.06. The Morgan fingerprint density at radius 2 is 2.04 bits per heavy atom. The summed E-state index contributed by atoms with van der Waals surface area (Å²) in [5, 5.41) is 0. The Kier molecular flexibility index (Phi) is 4.39. The minimum absolute atomic E-state index is 0.129. The van der Waals surface area contributed by atoms with Gasteiger partial charge in [0, 0.05) is 19.0 Å². The number of aromatic nitrogens is 2. The second-order valence-electron chi connectivity index (χ2n) is 7.50. The van der Waals surface area contributed by atoms with Crippen LogP contribution >= 0.6 is 0 Å². The molecule has 2 aromatic rings. The fraction of sp³-hybridized carbons (Fsp3) is 0.526. The smallest absolute Gasteiger partial charge is 0.241 e. The molecule has 1 amide bonds. The van der Waals surface area contributed by atoms with E-state index in [0.717, 1.165) is 29.6 Å². The average Bonchev–Trinajstić information content (AvgIpc) is 3.04. The number of fused-ring (bicyclic) bond motifs is 2. The van der Waals surface area contributed by atoms with Crippen molar-refractivity contribution in [2.45, 2.75) is 44.8 Å². The Bertz CT molecular complexity index is 779. The molecule has 6 heteroatoms. The van der Waals surface area contributed by atoms with Crippen LogP contribution in [-0.2, 0) is 11.3 Å². The van der Waals surface area contributed by atoms with Crippen LogP contribution in [0.2, 0.25) is 0 Å². The third kappa shape index (κ3) is 3.24. The third-order valence-corrected chi connectivity index (χ3v) is 5.55. The molecule has 25 heavy (non-hydrogen) atoms. The van der Waals surface area contributed by atoms with E-state index in [4.69, 9.17) is 0 Å². The van der Waals surface area contributed by atoms with Gasteiger partial charge >= 0.3 is 0 Å². The lowest BCUT2D eigenvalue weighted by Gasteiger charge is -2.32. The summed E-state index contributed by atoms with van der Waals surface area (Å²) in [4.78, 5) is 23.8. The highest BCUT2D eigenvalue weighted by Gasteiger charge is 2.43. The van der Waals surface area contributed by atoms with Gasteiger partial charge in [-0.05, 0) is 37.3 Å². The van der Waals surface area contributed by atoms with Gasteiger partial charge in [-0.3, -0.25) is 15.2 Å². The lowest BCUT2D eigenvalue weighted by Crippen LogP contribution is -2.46. The second-order valence-corrected chi connectivity index (χ2v) is 7.50. The van der Waals surface area contributed by atoms with Crippen LogP contribution in [0.15, 0.2) is 30.5 Å². The molecule has 4 atom stereocenters. The van der Waals surface area contributed by atoms with Gasteiger partial charge in [0.15, 0.2) is 0 Å². The highest BCUT2D eigenvalue weighted by atomic mass is 16.2. The maximum atomic E-state index is 13.0. The zero-order valence-electron chi connectivity index (χ0n) is 14.8. The van der Waals surface area contributed by atoms with Gasteiger partial charge in [-0.15, -0.1) is 0 Å². The number of likely N-dealkylation sites (N-methyl/N-ethyl adjacent to an activating group) is 1. The number of hydrazine groups is 1. The zero-order chi connectivity index (χ0) is 17.4. The molecule has 2 N–H and O–H groups in total. The first-order chi connectivity index (χ1) is 12.1. The summed E-state index contributed by atoms with van der Waals surface area (Å²) in [6.07, 6.45) is 5.24. The predicted octanol–water partition coefficient (Wildman–Crippen LogP) is 1.87. The van der Waals surface area contributed by atoms with Crippen molar-refractivity contribution in [2.24, 2.45) is 11.8 Å². The van der Waals surface area contributed by atoms with Crippen molar-refractivity contribution >= 4 is 16.9 Å². The summed E-state index contributed by atoms with van der Waals surface area (Å²) in [5.41, 5.74) is 9.12. The molecule has 132 valence electrons. The molecule has 2 aliphatic rings. The highest BCUT2D eigenvalue weighted by Crippen LogP contribution is 2.34. The molecular weight excluding hydrogens is 314 g/mol. The van der Waals surface area contributed by atoms with E-state index in [-0.39, 0.29) is 11.9 Å². The topological polar surface area (TPSA) is 70.2 Å². The number of carbonyl (C=O) groups excluding carboxylic acids is 1. The maximum Gasteiger partial charge on any atom is 0.241 e. The minimum Gasteiger partial charge on any atom is -0.338 e. The largest absolute Gasteiger partial charge is 0.338 e. The first kappa shape index (κ1) is 16.4. The number of hydrogen-bond donors (Lipinski definition) is 2. The average molecular weight is 339 g/mol. The SMILES string of the molecule is CC1CCC2NNC(C(=O)N(C)Cc3cnc4ccccc4n3)C2C1. The van der Waals surface area contributed by atoms with Crippen molar-refractivity contribution in [1.29, 1.82) is 0 Å². The van der Waals surface area contributed by atoms with Gasteiger partial charge in [0.25, 0.3) is 0 Å². The minimum atomic E-state index is -0.147. The lowest BCUT2D eigenvalue weighted by atomic mass is 9.76. The fourth-order valence-electron chi connectivity index (χ4n) is 4.15. The van der Waals surface area contributed by atoms with Crippen molar-refractivity contribution in [1.82, 2.24) is 25.7 Å². The van der Waals surface area contributed by atoms with Gasteiger partial charge in [-0.25, -0.2) is 10.4 Å². The van der Waals surface area contributed by atoms with Crippen LogP contribution in [0, 0.1) is 11.8 Å². The van der Waals surface area contributed by atoms with Gasteiger partial charge in [0.05, 0.1) is 29.5 Å². The van der Waals surface area contributed by atoms with Crippen molar-refractivity contribution in [2.75, 3.05) is 7.05 Å². The molecule has 1 aromatic carbocycles. The monoisotopic (exact) mass is 339 g/mol. The van der Waals surface area contributed by atoms with E-state index in [1.165, 1.54) is 6.42 Å². The molecular formula is C19H25N5O. The van der Waals surface area contributed by atoms with E-state index in [1.807, 2.05) is 31.3 Å². The zero-order valence-corrected chi connectivity index (χ0v) is 14.8. The van der Waals surface area contributed by atoms with Crippen LogP contribution in [0.25, 0.3) is 11.0 Å². The summed E-state index contributed by atoms with van der Waals surface area (Å²) >= 11 is 0. The Hall–Kier alpha value is -2.05. The van der Waals surface area contributed by atoms with Gasteiger partial charge < -0.3 is 4.90 Å². The summed E-state index contributed by atoms with van der Waals surface area (Å²) in [7, 11) is 1.85. The molecule has 1 aliphatic carbocycles. The molecule has 4 unspecified atom stereocenters. The van der Waals surface area contributed by atoms with Crippen LogP contribution in [0.4, 0.5) is 0 Å². The number of hydrogen-bond acceptors (Lipinski definition) is 5. The standard InChI is InChI=1S/C19H25N5O/c1-12-7-8-15-14(9-12)18(23-22-15)19(25)24(2)11-13-10-20-16-5-3-4-6-17(16)21-13/h3-6,10,12,14-15,18,22-23H,7-9,11H2,1-2H3. The number of amides is 1. The first-order valence-electron chi connectivity index (χ1n) is 9.08. The van der Waals surface area contributed by atoms with Crippen LogP contribution in [0.5, 0.6) is 0 Å². The van der Waals surface area contributed by atoms with E-state index in [1.54, 1.807) is 11.1 Å². The van der Waals surface area contributed by atoms with Crippen LogP contribution in [0.1, 0.15) is 31.9 Å². The summed E-state index contributed by atoms with van der Waals surface area (Å²) < 4.78 is 0. The molecule has 4 rings (SSSR count). The molecule has 2 fully saturated rings. The molecule has 1 saturated heterocycles. The maximum absolute atomic E-state index is 13.0. The predicted molar refractivity (Wildman–Crippen MR) is 96.4 cm³/mol. The third-order valence-electron chi connectivity index (χ3n) is 5.55. The second kappa shape index (κ2) is 6.69. The molecule has 0 bridgehead atoms. The number of para-hydroxylation sites is 2.